The van der Waals surface area contributed by atoms with E-state index in [1.807, 2.05) is 0 Å². The van der Waals surface area contributed by atoms with E-state index in [0.717, 1.165) is 0 Å². The van der Waals surface area contributed by atoms with Gasteiger partial charge in [0.05, 0.1) is 30.1 Å². The lowest BCUT2D eigenvalue weighted by molar-refractivity contribution is -0.384. The minimum atomic E-state index is -0.551. The number of nitro groups is 1. The van der Waals surface area contributed by atoms with Gasteiger partial charge in [0.2, 0.25) is 0 Å². The quantitative estimate of drug-likeness (QED) is 0.460. The molecule has 1 aromatic rings. The third-order valence-electron chi connectivity index (χ3n) is 1.92. The van der Waals surface area contributed by atoms with Crippen molar-refractivity contribution in [2.75, 3.05) is 13.7 Å². The fourth-order valence-corrected chi connectivity index (χ4v) is 1.30. The number of nitrogens with zero attached hydrogens (tertiary/aromatic N) is 1. The molecule has 0 aromatic heterocycles. The van der Waals surface area contributed by atoms with Gasteiger partial charge in [-0.25, -0.2) is 0 Å². The number of ether oxygens (including phenoxy) is 2. The number of rotatable bonds is 5. The SMILES string of the molecule is COC(=O)CCOc1ccc([N+](=O)[O-])cc1Cl. The van der Waals surface area contributed by atoms with Gasteiger partial charge in [0.25, 0.3) is 5.69 Å². The predicted octanol–water partition coefficient (Wildman–Crippen LogP) is 2.19. The Labute approximate surface area is 102 Å². The zero-order valence-electron chi connectivity index (χ0n) is 9.01. The highest BCUT2D eigenvalue weighted by molar-refractivity contribution is 6.32. The van der Waals surface area contributed by atoms with Crippen molar-refractivity contribution in [1.29, 1.82) is 0 Å². The highest BCUT2D eigenvalue weighted by Gasteiger charge is 2.10. The zero-order valence-corrected chi connectivity index (χ0v) is 9.77. The molecule has 0 aliphatic heterocycles. The summed E-state index contributed by atoms with van der Waals surface area (Å²) in [5, 5.41) is 10.6. The maximum atomic E-state index is 10.8. The van der Waals surface area contributed by atoms with Gasteiger partial charge in [-0.2, -0.15) is 0 Å². The number of halogens is 1. The first-order valence-corrected chi connectivity index (χ1v) is 5.06. The van der Waals surface area contributed by atoms with E-state index in [2.05, 4.69) is 4.74 Å². The van der Waals surface area contributed by atoms with Gasteiger partial charge < -0.3 is 9.47 Å². The predicted molar refractivity (Wildman–Crippen MR) is 60.2 cm³/mol. The van der Waals surface area contributed by atoms with Crippen molar-refractivity contribution in [2.24, 2.45) is 0 Å². The summed E-state index contributed by atoms with van der Waals surface area (Å²) in [7, 11) is 1.28. The molecule has 0 spiro atoms. The van der Waals surface area contributed by atoms with Gasteiger partial charge >= 0.3 is 5.97 Å². The second-order valence-corrected chi connectivity index (χ2v) is 3.45. The van der Waals surface area contributed by atoms with E-state index < -0.39 is 10.9 Å². The van der Waals surface area contributed by atoms with Crippen LogP contribution in [0.4, 0.5) is 5.69 Å². The first-order chi connectivity index (χ1) is 8.04. The molecule has 0 saturated heterocycles. The summed E-state index contributed by atoms with van der Waals surface area (Å²) in [4.78, 5) is 20.7. The van der Waals surface area contributed by atoms with Crippen LogP contribution in [0.1, 0.15) is 6.42 Å². The fraction of sp³-hybridized carbons (Fsp3) is 0.300. The number of hydrogen-bond acceptors (Lipinski definition) is 5. The number of carbonyl (C=O) groups is 1. The van der Waals surface area contributed by atoms with Crippen molar-refractivity contribution in [3.05, 3.63) is 33.3 Å². The van der Waals surface area contributed by atoms with E-state index in [-0.39, 0.29) is 23.7 Å². The molecule has 0 heterocycles. The van der Waals surface area contributed by atoms with Gasteiger partial charge in [-0.05, 0) is 6.07 Å². The summed E-state index contributed by atoms with van der Waals surface area (Å²) in [5.41, 5.74) is -0.115. The molecule has 6 nitrogen and oxygen atoms in total. The lowest BCUT2D eigenvalue weighted by Crippen LogP contribution is -2.07. The lowest BCUT2D eigenvalue weighted by Gasteiger charge is -2.06. The normalized spacial score (nSPS) is 9.76. The molecule has 0 radical (unpaired) electrons. The highest BCUT2D eigenvalue weighted by atomic mass is 35.5. The summed E-state index contributed by atoms with van der Waals surface area (Å²) in [5.74, 6) is -0.107. The van der Waals surface area contributed by atoms with Crippen LogP contribution in [0.5, 0.6) is 5.75 Å². The molecular weight excluding hydrogens is 250 g/mol. The average Bonchev–Trinajstić information content (AvgIpc) is 2.30. The first-order valence-electron chi connectivity index (χ1n) is 4.68. The Morgan fingerprint density at radius 3 is 2.76 bits per heavy atom. The first kappa shape index (κ1) is 13.2. The number of hydrogen-bond donors (Lipinski definition) is 0. The Balaban J connectivity index is 2.60. The van der Waals surface area contributed by atoms with Crippen molar-refractivity contribution < 1.29 is 19.2 Å². The minimum absolute atomic E-state index is 0.0871. The van der Waals surface area contributed by atoms with E-state index in [9.17, 15) is 14.9 Å². The second-order valence-electron chi connectivity index (χ2n) is 3.05. The molecule has 1 rings (SSSR count). The molecule has 17 heavy (non-hydrogen) atoms. The van der Waals surface area contributed by atoms with E-state index >= 15 is 0 Å². The number of carbonyl (C=O) groups excluding carboxylic acids is 1. The van der Waals surface area contributed by atoms with Crippen LogP contribution in [0, 0.1) is 10.1 Å². The van der Waals surface area contributed by atoms with Crippen molar-refractivity contribution >= 4 is 23.3 Å². The molecule has 0 unspecified atom stereocenters. The summed E-state index contributed by atoms with van der Waals surface area (Å²) >= 11 is 5.78. The molecule has 92 valence electrons. The van der Waals surface area contributed by atoms with Crippen molar-refractivity contribution in [3.63, 3.8) is 0 Å². The Bertz CT molecular complexity index is 435. The third-order valence-corrected chi connectivity index (χ3v) is 2.21. The Kier molecular flexibility index (Phi) is 4.71. The maximum Gasteiger partial charge on any atom is 0.308 e. The van der Waals surface area contributed by atoms with Gasteiger partial charge in [0.1, 0.15) is 5.75 Å². The lowest BCUT2D eigenvalue weighted by atomic mass is 10.3. The average molecular weight is 260 g/mol. The number of methoxy groups -OCH3 is 1. The van der Waals surface area contributed by atoms with Gasteiger partial charge in [-0.1, -0.05) is 11.6 Å². The molecular formula is C10H10ClNO5. The smallest absolute Gasteiger partial charge is 0.308 e. The molecule has 0 atom stereocenters. The Morgan fingerprint density at radius 2 is 2.24 bits per heavy atom. The van der Waals surface area contributed by atoms with E-state index in [1.54, 1.807) is 0 Å². The van der Waals surface area contributed by atoms with Crippen LogP contribution in [0.15, 0.2) is 18.2 Å². The molecule has 0 bridgehead atoms. The number of esters is 1. The zero-order chi connectivity index (χ0) is 12.8. The van der Waals surface area contributed by atoms with Crippen molar-refractivity contribution in [1.82, 2.24) is 0 Å². The Morgan fingerprint density at radius 1 is 1.53 bits per heavy atom. The van der Waals surface area contributed by atoms with Crippen LogP contribution in [-0.4, -0.2) is 24.6 Å². The number of non-ortho nitro benzene ring substituents is 1. The standard InChI is InChI=1S/C10H10ClNO5/c1-16-10(13)4-5-17-9-3-2-7(12(14)15)6-8(9)11/h2-3,6H,4-5H2,1H3. The number of nitro benzene ring substituents is 1. The molecule has 0 aliphatic carbocycles. The van der Waals surface area contributed by atoms with Crippen LogP contribution in [0.25, 0.3) is 0 Å². The second kappa shape index (κ2) is 6.05. The molecule has 0 saturated carbocycles. The van der Waals surface area contributed by atoms with Gasteiger partial charge in [0, 0.05) is 12.1 Å². The summed E-state index contributed by atoms with van der Waals surface area (Å²) < 4.78 is 9.62. The van der Waals surface area contributed by atoms with Crippen molar-refractivity contribution in [2.45, 2.75) is 6.42 Å². The molecule has 0 amide bonds. The monoisotopic (exact) mass is 259 g/mol. The van der Waals surface area contributed by atoms with Crippen LogP contribution in [-0.2, 0) is 9.53 Å². The topological polar surface area (TPSA) is 78.7 Å². The maximum absolute atomic E-state index is 10.8. The van der Waals surface area contributed by atoms with Crippen LogP contribution >= 0.6 is 11.6 Å². The highest BCUT2D eigenvalue weighted by Crippen LogP contribution is 2.28. The largest absolute Gasteiger partial charge is 0.491 e. The van der Waals surface area contributed by atoms with Gasteiger partial charge in [-0.15, -0.1) is 0 Å². The minimum Gasteiger partial charge on any atom is -0.491 e. The van der Waals surface area contributed by atoms with E-state index in [0.29, 0.717) is 5.75 Å². The van der Waals surface area contributed by atoms with Gasteiger partial charge in [-0.3, -0.25) is 14.9 Å². The summed E-state index contributed by atoms with van der Waals surface area (Å²) in [6.45, 7) is 0.101. The van der Waals surface area contributed by atoms with E-state index in [4.69, 9.17) is 16.3 Å². The van der Waals surface area contributed by atoms with Crippen LogP contribution < -0.4 is 4.74 Å². The molecule has 1 aromatic carbocycles. The number of benzene rings is 1. The molecule has 0 N–H and O–H groups in total. The fourth-order valence-electron chi connectivity index (χ4n) is 1.07. The Hall–Kier alpha value is -1.82. The molecule has 7 heteroatoms. The summed E-state index contributed by atoms with van der Waals surface area (Å²) in [6, 6.07) is 3.85. The van der Waals surface area contributed by atoms with Crippen LogP contribution in [0.3, 0.4) is 0 Å². The molecule has 0 fully saturated rings. The molecule has 0 aliphatic rings. The van der Waals surface area contributed by atoms with E-state index in [1.165, 1.54) is 25.3 Å². The third kappa shape index (κ3) is 3.92. The van der Waals surface area contributed by atoms with Crippen LogP contribution in [0.2, 0.25) is 5.02 Å². The van der Waals surface area contributed by atoms with Gasteiger partial charge in [0.15, 0.2) is 0 Å². The summed E-state index contributed by atoms with van der Waals surface area (Å²) in [6.07, 6.45) is 0.0871. The van der Waals surface area contributed by atoms with Crippen molar-refractivity contribution in [3.8, 4) is 5.75 Å².